The van der Waals surface area contributed by atoms with Gasteiger partial charge in [0.2, 0.25) is 0 Å². The summed E-state index contributed by atoms with van der Waals surface area (Å²) in [4.78, 5) is 0. The highest BCUT2D eigenvalue weighted by molar-refractivity contribution is 5.83. The molecule has 3 rings (SSSR count). The van der Waals surface area contributed by atoms with Crippen molar-refractivity contribution in [2.45, 2.75) is 13.0 Å². The van der Waals surface area contributed by atoms with Gasteiger partial charge < -0.3 is 4.74 Å². The molecule has 2 aromatic carbocycles. The molecule has 0 aromatic heterocycles. The summed E-state index contributed by atoms with van der Waals surface area (Å²) < 4.78 is 5.27. The first-order valence-electron chi connectivity index (χ1n) is 4.95. The maximum atomic E-state index is 5.27. The molecule has 1 saturated heterocycles. The van der Waals surface area contributed by atoms with Crippen LogP contribution in [0.3, 0.4) is 0 Å². The van der Waals surface area contributed by atoms with Crippen molar-refractivity contribution in [1.82, 2.24) is 0 Å². The molecule has 1 aliphatic rings. The summed E-state index contributed by atoms with van der Waals surface area (Å²) in [6, 6.07) is 13.1. The van der Waals surface area contributed by atoms with Crippen LogP contribution in [-0.2, 0) is 4.74 Å². The molecule has 0 radical (unpaired) electrons. The maximum Gasteiger partial charge on any atom is 0.106 e. The Morgan fingerprint density at radius 2 is 1.79 bits per heavy atom. The molecule has 1 fully saturated rings. The summed E-state index contributed by atoms with van der Waals surface area (Å²) >= 11 is 0. The van der Waals surface area contributed by atoms with E-state index in [9.17, 15) is 0 Å². The van der Waals surface area contributed by atoms with E-state index in [1.807, 2.05) is 0 Å². The number of rotatable bonds is 1. The molecule has 0 N–H and O–H groups in total. The first-order chi connectivity index (χ1) is 6.83. The third kappa shape index (κ3) is 1.30. The topological polar surface area (TPSA) is 12.5 Å². The van der Waals surface area contributed by atoms with Crippen molar-refractivity contribution < 1.29 is 4.74 Å². The molecule has 1 unspecified atom stereocenters. The van der Waals surface area contributed by atoms with Crippen molar-refractivity contribution in [2.24, 2.45) is 0 Å². The van der Waals surface area contributed by atoms with Crippen LogP contribution >= 0.6 is 0 Å². The minimum absolute atomic E-state index is 0.362. The van der Waals surface area contributed by atoms with Crippen molar-refractivity contribution >= 4 is 10.8 Å². The Morgan fingerprint density at radius 3 is 2.57 bits per heavy atom. The highest BCUT2D eigenvalue weighted by Gasteiger charge is 2.24. The SMILES string of the molecule is Cc1ccc2cc(C3CO3)ccc2c1. The zero-order chi connectivity index (χ0) is 9.54. The van der Waals surface area contributed by atoms with Gasteiger partial charge in [-0.25, -0.2) is 0 Å². The van der Waals surface area contributed by atoms with E-state index in [1.165, 1.54) is 21.9 Å². The Morgan fingerprint density at radius 1 is 1.07 bits per heavy atom. The van der Waals surface area contributed by atoms with Gasteiger partial charge in [-0.1, -0.05) is 35.9 Å². The number of epoxide rings is 1. The van der Waals surface area contributed by atoms with Gasteiger partial charge in [-0.15, -0.1) is 0 Å². The molecule has 0 saturated carbocycles. The summed E-state index contributed by atoms with van der Waals surface area (Å²) in [7, 11) is 0. The van der Waals surface area contributed by atoms with Gasteiger partial charge in [-0.05, 0) is 29.3 Å². The second kappa shape index (κ2) is 2.82. The lowest BCUT2D eigenvalue weighted by atomic mass is 10.0. The summed E-state index contributed by atoms with van der Waals surface area (Å²) in [6.45, 7) is 3.01. The smallest absolute Gasteiger partial charge is 0.106 e. The van der Waals surface area contributed by atoms with Crippen molar-refractivity contribution in [3.63, 3.8) is 0 Å². The van der Waals surface area contributed by atoms with Crippen LogP contribution in [0.5, 0.6) is 0 Å². The predicted molar refractivity (Wildman–Crippen MR) is 57.4 cm³/mol. The highest BCUT2D eigenvalue weighted by Crippen LogP contribution is 2.31. The molecule has 1 aliphatic heterocycles. The van der Waals surface area contributed by atoms with E-state index in [4.69, 9.17) is 4.74 Å². The van der Waals surface area contributed by atoms with Gasteiger partial charge in [0.05, 0.1) is 6.61 Å². The van der Waals surface area contributed by atoms with Gasteiger partial charge >= 0.3 is 0 Å². The standard InChI is InChI=1S/C13H12O/c1-9-2-3-11-7-12(13-8-14-13)5-4-10(11)6-9/h2-7,13H,8H2,1H3. The van der Waals surface area contributed by atoms with Gasteiger partial charge in [-0.2, -0.15) is 0 Å². The first-order valence-corrected chi connectivity index (χ1v) is 4.95. The highest BCUT2D eigenvalue weighted by atomic mass is 16.6. The second-order valence-corrected chi connectivity index (χ2v) is 3.93. The van der Waals surface area contributed by atoms with E-state index in [0.29, 0.717) is 6.10 Å². The largest absolute Gasteiger partial charge is 0.368 e. The lowest BCUT2D eigenvalue weighted by Gasteiger charge is -2.01. The number of benzene rings is 2. The van der Waals surface area contributed by atoms with Gasteiger partial charge in [0.25, 0.3) is 0 Å². The minimum atomic E-state index is 0.362. The average molecular weight is 184 g/mol. The lowest BCUT2D eigenvalue weighted by molar-refractivity contribution is 0.416. The summed E-state index contributed by atoms with van der Waals surface area (Å²) in [5.74, 6) is 0. The van der Waals surface area contributed by atoms with Crippen LogP contribution in [0, 0.1) is 6.92 Å². The van der Waals surface area contributed by atoms with Crippen molar-refractivity contribution in [1.29, 1.82) is 0 Å². The first kappa shape index (κ1) is 8.01. The summed E-state index contributed by atoms with van der Waals surface area (Å²) in [5.41, 5.74) is 2.62. The quantitative estimate of drug-likeness (QED) is 0.620. The molecular weight excluding hydrogens is 172 g/mol. The van der Waals surface area contributed by atoms with Gasteiger partial charge in [0.15, 0.2) is 0 Å². The van der Waals surface area contributed by atoms with E-state index < -0.39 is 0 Å². The van der Waals surface area contributed by atoms with Crippen LogP contribution in [0.1, 0.15) is 17.2 Å². The maximum absolute atomic E-state index is 5.27. The molecule has 14 heavy (non-hydrogen) atoms. The van der Waals surface area contributed by atoms with Crippen LogP contribution < -0.4 is 0 Å². The van der Waals surface area contributed by atoms with Gasteiger partial charge in [0, 0.05) is 0 Å². The molecule has 0 amide bonds. The Labute approximate surface area is 83.3 Å². The molecule has 0 spiro atoms. The number of hydrogen-bond donors (Lipinski definition) is 0. The van der Waals surface area contributed by atoms with E-state index >= 15 is 0 Å². The number of ether oxygens (including phenoxy) is 1. The second-order valence-electron chi connectivity index (χ2n) is 3.93. The van der Waals surface area contributed by atoms with Crippen molar-refractivity contribution in [3.8, 4) is 0 Å². The van der Waals surface area contributed by atoms with E-state index in [-0.39, 0.29) is 0 Å². The Kier molecular flexibility index (Phi) is 1.62. The Hall–Kier alpha value is -1.34. The minimum Gasteiger partial charge on any atom is -0.368 e. The van der Waals surface area contributed by atoms with Gasteiger partial charge in [-0.3, -0.25) is 0 Å². The van der Waals surface area contributed by atoms with Crippen LogP contribution in [0.2, 0.25) is 0 Å². The van der Waals surface area contributed by atoms with Crippen molar-refractivity contribution in [2.75, 3.05) is 6.61 Å². The molecule has 0 aliphatic carbocycles. The zero-order valence-electron chi connectivity index (χ0n) is 8.16. The van der Waals surface area contributed by atoms with Crippen LogP contribution in [0.15, 0.2) is 36.4 Å². The molecule has 1 nitrogen and oxygen atoms in total. The van der Waals surface area contributed by atoms with E-state index in [1.54, 1.807) is 0 Å². The third-order valence-electron chi connectivity index (χ3n) is 2.72. The fraction of sp³-hybridized carbons (Fsp3) is 0.231. The van der Waals surface area contributed by atoms with E-state index in [2.05, 4.69) is 43.3 Å². The number of fused-ring (bicyclic) bond motifs is 1. The molecule has 1 atom stereocenters. The van der Waals surface area contributed by atoms with Crippen LogP contribution in [0.4, 0.5) is 0 Å². The molecule has 1 heteroatoms. The Bertz CT molecular complexity index is 484. The fourth-order valence-electron chi connectivity index (χ4n) is 1.82. The molecular formula is C13H12O. The van der Waals surface area contributed by atoms with Crippen molar-refractivity contribution in [3.05, 3.63) is 47.5 Å². The third-order valence-corrected chi connectivity index (χ3v) is 2.72. The predicted octanol–water partition coefficient (Wildman–Crippen LogP) is 3.22. The monoisotopic (exact) mass is 184 g/mol. The normalized spacial score (nSPS) is 19.9. The fourth-order valence-corrected chi connectivity index (χ4v) is 1.82. The lowest BCUT2D eigenvalue weighted by Crippen LogP contribution is -1.81. The molecule has 1 heterocycles. The number of aryl methyl sites for hydroxylation is 1. The van der Waals surface area contributed by atoms with Crippen LogP contribution in [0.25, 0.3) is 10.8 Å². The van der Waals surface area contributed by atoms with Gasteiger partial charge in [0.1, 0.15) is 6.10 Å². The van der Waals surface area contributed by atoms with Crippen LogP contribution in [-0.4, -0.2) is 6.61 Å². The molecule has 0 bridgehead atoms. The average Bonchev–Trinajstić information content (AvgIpc) is 3.00. The molecule has 2 aromatic rings. The number of hydrogen-bond acceptors (Lipinski definition) is 1. The zero-order valence-corrected chi connectivity index (χ0v) is 8.16. The Balaban J connectivity index is 2.18. The summed E-state index contributed by atoms with van der Waals surface area (Å²) in [5, 5.41) is 2.62. The molecule has 70 valence electrons. The van der Waals surface area contributed by atoms with E-state index in [0.717, 1.165) is 6.61 Å². The summed E-state index contributed by atoms with van der Waals surface area (Å²) in [6.07, 6.45) is 0.362.